The molecule has 3 aromatic heterocycles. The van der Waals surface area contributed by atoms with E-state index in [-0.39, 0.29) is 34.2 Å². The van der Waals surface area contributed by atoms with Crippen molar-refractivity contribution in [1.82, 2.24) is 24.4 Å². The number of nitrogens with zero attached hydrogens (tertiary/aromatic N) is 5. The maximum Gasteiger partial charge on any atom is 0.433 e. The molecule has 0 aliphatic carbocycles. The first-order chi connectivity index (χ1) is 18.1. The van der Waals surface area contributed by atoms with Crippen molar-refractivity contribution in [3.63, 3.8) is 0 Å². The summed E-state index contributed by atoms with van der Waals surface area (Å²) >= 11 is 6.06. The monoisotopic (exact) mass is 544 g/mol. The number of amides is 1. The summed E-state index contributed by atoms with van der Waals surface area (Å²) in [6, 6.07) is 11.1. The number of nitrogens with one attached hydrogen (secondary N) is 1. The molecule has 5 aromatic rings. The van der Waals surface area contributed by atoms with Crippen molar-refractivity contribution in [1.29, 1.82) is 0 Å². The molecule has 5 rings (SSSR count). The van der Waals surface area contributed by atoms with Gasteiger partial charge in [-0.1, -0.05) is 17.7 Å². The van der Waals surface area contributed by atoms with Crippen LogP contribution in [-0.4, -0.2) is 37.4 Å². The lowest BCUT2D eigenvalue weighted by Crippen LogP contribution is -2.15. The summed E-state index contributed by atoms with van der Waals surface area (Å²) in [5.41, 5.74) is -0.246. The van der Waals surface area contributed by atoms with Gasteiger partial charge in [-0.05, 0) is 48.0 Å². The molecule has 0 saturated carbocycles. The molecule has 3 heterocycles. The van der Waals surface area contributed by atoms with Crippen molar-refractivity contribution in [2.45, 2.75) is 12.7 Å². The molecular weight excluding hydrogens is 528 g/mol. The highest BCUT2D eigenvalue weighted by Gasteiger charge is 2.36. The molecule has 0 radical (unpaired) electrons. The molecule has 0 saturated heterocycles. The van der Waals surface area contributed by atoms with Crippen LogP contribution in [0.3, 0.4) is 0 Å². The quantitative estimate of drug-likeness (QED) is 0.277. The third kappa shape index (κ3) is 5.02. The van der Waals surface area contributed by atoms with Gasteiger partial charge in [0.15, 0.2) is 11.3 Å². The number of benzene rings is 2. The maximum absolute atomic E-state index is 13.9. The number of anilines is 1. The van der Waals surface area contributed by atoms with Gasteiger partial charge < -0.3 is 10.1 Å². The number of methoxy groups -OCH3 is 1. The normalized spacial score (nSPS) is 11.6. The fourth-order valence-electron chi connectivity index (χ4n) is 3.77. The van der Waals surface area contributed by atoms with E-state index in [2.05, 4.69) is 20.5 Å². The van der Waals surface area contributed by atoms with Crippen LogP contribution in [-0.2, 0) is 12.7 Å². The van der Waals surface area contributed by atoms with Gasteiger partial charge in [-0.25, -0.2) is 13.9 Å². The minimum absolute atomic E-state index is 0.00558. The molecule has 13 heteroatoms. The average molecular weight is 545 g/mol. The number of carbonyl (C=O) groups is 1. The Balaban J connectivity index is 1.45. The Morgan fingerprint density at radius 3 is 2.53 bits per heavy atom. The summed E-state index contributed by atoms with van der Waals surface area (Å²) < 4.78 is 62.0. The largest absolute Gasteiger partial charge is 0.497 e. The molecule has 0 fully saturated rings. The highest BCUT2D eigenvalue weighted by Crippen LogP contribution is 2.33. The van der Waals surface area contributed by atoms with Crippen molar-refractivity contribution in [3.8, 4) is 17.0 Å². The summed E-state index contributed by atoms with van der Waals surface area (Å²) in [4.78, 5) is 17.3. The molecule has 0 unspecified atom stereocenters. The van der Waals surface area contributed by atoms with E-state index in [1.165, 1.54) is 42.4 Å². The third-order valence-electron chi connectivity index (χ3n) is 5.63. The van der Waals surface area contributed by atoms with Crippen LogP contribution in [0.2, 0.25) is 5.02 Å². The van der Waals surface area contributed by atoms with Crippen LogP contribution >= 0.6 is 11.6 Å². The Morgan fingerprint density at radius 1 is 1.08 bits per heavy atom. The fraction of sp³-hybridized carbons (Fsp3) is 0.120. The minimum atomic E-state index is -4.76. The van der Waals surface area contributed by atoms with Gasteiger partial charge in [-0.2, -0.15) is 23.4 Å². The predicted molar refractivity (Wildman–Crippen MR) is 131 cm³/mol. The third-order valence-corrected chi connectivity index (χ3v) is 5.98. The van der Waals surface area contributed by atoms with Crippen molar-refractivity contribution in [2.24, 2.45) is 0 Å². The molecule has 1 amide bonds. The van der Waals surface area contributed by atoms with Crippen molar-refractivity contribution < 1.29 is 27.1 Å². The van der Waals surface area contributed by atoms with Gasteiger partial charge in [0, 0.05) is 16.8 Å². The molecule has 8 nitrogen and oxygen atoms in total. The van der Waals surface area contributed by atoms with Crippen LogP contribution < -0.4 is 10.1 Å². The average Bonchev–Trinajstić information content (AvgIpc) is 3.51. The summed E-state index contributed by atoms with van der Waals surface area (Å²) in [5.74, 6) is -0.678. The minimum Gasteiger partial charge on any atom is -0.497 e. The van der Waals surface area contributed by atoms with Crippen molar-refractivity contribution >= 4 is 28.8 Å². The van der Waals surface area contributed by atoms with Gasteiger partial charge in [0.05, 0.1) is 37.4 Å². The van der Waals surface area contributed by atoms with Gasteiger partial charge in [0.2, 0.25) is 0 Å². The van der Waals surface area contributed by atoms with Crippen LogP contribution in [0.25, 0.3) is 16.9 Å². The summed E-state index contributed by atoms with van der Waals surface area (Å²) in [6.07, 6.45) is -0.878. The summed E-state index contributed by atoms with van der Waals surface area (Å²) in [6.45, 7) is 0.202. The molecule has 0 aliphatic heterocycles. The molecule has 0 bridgehead atoms. The Bertz CT molecular complexity index is 1650. The van der Waals surface area contributed by atoms with Gasteiger partial charge >= 0.3 is 6.18 Å². The highest BCUT2D eigenvalue weighted by atomic mass is 35.5. The number of hydrogen-bond donors (Lipinski definition) is 1. The molecule has 38 heavy (non-hydrogen) atoms. The van der Waals surface area contributed by atoms with E-state index in [1.807, 2.05) is 0 Å². The number of halogens is 5. The Morgan fingerprint density at radius 2 is 1.84 bits per heavy atom. The standard InChI is InChI=1S/C25H17ClF4N6O2/c1-38-18-6-3-14(4-7-18)21-9-22(25(28,29)30)36-23(34-21)19(11-32-36)24(37)33-17-10-31-35(13-17)12-15-2-5-16(27)8-20(15)26/h2-11,13H,12H2,1H3,(H,33,37). The Hall–Kier alpha value is -4.45. The highest BCUT2D eigenvalue weighted by molar-refractivity contribution is 6.31. The molecule has 194 valence electrons. The van der Waals surface area contributed by atoms with Gasteiger partial charge in [0.1, 0.15) is 17.1 Å². The van der Waals surface area contributed by atoms with Gasteiger partial charge in [-0.15, -0.1) is 0 Å². The van der Waals surface area contributed by atoms with E-state index >= 15 is 0 Å². The van der Waals surface area contributed by atoms with E-state index in [4.69, 9.17) is 16.3 Å². The van der Waals surface area contributed by atoms with Crippen LogP contribution in [0.5, 0.6) is 5.75 Å². The maximum atomic E-state index is 13.9. The number of fused-ring (bicyclic) bond motifs is 1. The molecule has 2 aromatic carbocycles. The van der Waals surface area contributed by atoms with Gasteiger partial charge in [-0.3, -0.25) is 9.48 Å². The van der Waals surface area contributed by atoms with Crippen LogP contribution in [0, 0.1) is 5.82 Å². The second kappa shape index (κ2) is 9.78. The molecular formula is C25H17ClF4N6O2. The SMILES string of the molecule is COc1ccc(-c2cc(C(F)(F)F)n3ncc(C(=O)Nc4cnn(Cc5ccc(F)cc5Cl)c4)c3n2)cc1. The second-order valence-corrected chi connectivity index (χ2v) is 8.57. The number of carbonyl (C=O) groups excluding carboxylic acids is 1. The van der Waals surface area contributed by atoms with Crippen LogP contribution in [0.4, 0.5) is 23.2 Å². The molecule has 0 aliphatic rings. The lowest BCUT2D eigenvalue weighted by atomic mass is 10.1. The van der Waals surface area contributed by atoms with Crippen molar-refractivity contribution in [2.75, 3.05) is 12.4 Å². The number of alkyl halides is 3. The molecule has 0 atom stereocenters. The lowest BCUT2D eigenvalue weighted by Gasteiger charge is -2.12. The number of rotatable bonds is 6. The molecule has 1 N–H and O–H groups in total. The summed E-state index contributed by atoms with van der Waals surface area (Å²) in [5, 5.41) is 10.7. The first-order valence-corrected chi connectivity index (χ1v) is 11.4. The number of aromatic nitrogens is 5. The summed E-state index contributed by atoms with van der Waals surface area (Å²) in [7, 11) is 1.47. The van der Waals surface area contributed by atoms with E-state index in [0.717, 1.165) is 12.3 Å². The zero-order chi connectivity index (χ0) is 27.0. The Labute approximate surface area is 217 Å². The van der Waals surface area contributed by atoms with Crippen molar-refractivity contribution in [3.05, 3.63) is 94.8 Å². The van der Waals surface area contributed by atoms with Crippen LogP contribution in [0.1, 0.15) is 21.6 Å². The van der Waals surface area contributed by atoms with Gasteiger partial charge in [0.25, 0.3) is 5.91 Å². The zero-order valence-electron chi connectivity index (χ0n) is 19.5. The van der Waals surface area contributed by atoms with E-state index in [9.17, 15) is 22.4 Å². The Kier molecular flexibility index (Phi) is 6.49. The first kappa shape index (κ1) is 25.2. The van der Waals surface area contributed by atoms with Crippen LogP contribution in [0.15, 0.2) is 67.1 Å². The first-order valence-electron chi connectivity index (χ1n) is 11.0. The topological polar surface area (TPSA) is 86.3 Å². The fourth-order valence-corrected chi connectivity index (χ4v) is 4.00. The molecule has 0 spiro atoms. The predicted octanol–water partition coefficient (Wildman–Crippen LogP) is 5.71. The number of ether oxygens (including phenoxy) is 1. The van der Waals surface area contributed by atoms with E-state index in [0.29, 0.717) is 21.4 Å². The number of hydrogen-bond acceptors (Lipinski definition) is 5. The second-order valence-electron chi connectivity index (χ2n) is 8.16. The van der Waals surface area contributed by atoms with E-state index < -0.39 is 23.6 Å². The smallest absolute Gasteiger partial charge is 0.433 e. The van der Waals surface area contributed by atoms with E-state index in [1.54, 1.807) is 24.3 Å². The lowest BCUT2D eigenvalue weighted by molar-refractivity contribution is -0.142. The zero-order valence-corrected chi connectivity index (χ0v) is 20.3.